The van der Waals surface area contributed by atoms with Crippen LogP contribution in [0, 0.1) is 0 Å². The molecule has 3 nitrogen and oxygen atoms in total. The Balaban J connectivity index is 0.00000147. The van der Waals surface area contributed by atoms with E-state index in [4.69, 9.17) is 16.3 Å². The third kappa shape index (κ3) is 3.42. The van der Waals surface area contributed by atoms with E-state index >= 15 is 0 Å². The molecule has 1 aromatic carbocycles. The fraction of sp³-hybridized carbons (Fsp3) is 0.267. The van der Waals surface area contributed by atoms with E-state index < -0.39 is 0 Å². The van der Waals surface area contributed by atoms with Crippen molar-refractivity contribution in [2.45, 2.75) is 12.5 Å². The molecule has 0 aliphatic carbocycles. The number of pyridine rings is 1. The molecule has 2 aromatic rings. The standard InChI is InChI=1S/C15H15ClN2O.ClH/c16-15-14(11-4-2-1-3-5-11)8-13(9-18-15)19-10-12-6-7-17-12;/h1-5,8-9,12,17H,6-7,10H2;1H/t12-;/m0./s1. The summed E-state index contributed by atoms with van der Waals surface area (Å²) in [6.45, 7) is 1.76. The van der Waals surface area contributed by atoms with Crippen molar-refractivity contribution in [2.24, 2.45) is 0 Å². The summed E-state index contributed by atoms with van der Waals surface area (Å²) in [5, 5.41) is 3.80. The molecule has 2 heterocycles. The second kappa shape index (κ2) is 6.93. The highest BCUT2D eigenvalue weighted by Gasteiger charge is 2.17. The monoisotopic (exact) mass is 310 g/mol. The van der Waals surface area contributed by atoms with Crippen LogP contribution in [0.3, 0.4) is 0 Å². The molecule has 1 saturated heterocycles. The summed E-state index contributed by atoms with van der Waals surface area (Å²) in [7, 11) is 0. The van der Waals surface area contributed by atoms with Gasteiger partial charge in [-0.25, -0.2) is 4.98 Å². The van der Waals surface area contributed by atoms with Crippen LogP contribution in [0.15, 0.2) is 42.6 Å². The third-order valence-corrected chi connectivity index (χ3v) is 3.58. The topological polar surface area (TPSA) is 34.1 Å². The van der Waals surface area contributed by atoms with E-state index in [1.807, 2.05) is 36.4 Å². The van der Waals surface area contributed by atoms with Gasteiger partial charge in [0.15, 0.2) is 0 Å². The summed E-state index contributed by atoms with van der Waals surface area (Å²) in [4.78, 5) is 4.20. The summed E-state index contributed by atoms with van der Waals surface area (Å²) >= 11 is 6.15. The SMILES string of the molecule is Cl.Clc1ncc(OC[C@@H]2CCN2)cc1-c1ccccc1. The molecule has 0 saturated carbocycles. The number of aromatic nitrogens is 1. The van der Waals surface area contributed by atoms with Crippen LogP contribution in [0.1, 0.15) is 6.42 Å². The fourth-order valence-electron chi connectivity index (χ4n) is 2.02. The minimum Gasteiger partial charge on any atom is -0.490 e. The quantitative estimate of drug-likeness (QED) is 0.877. The van der Waals surface area contributed by atoms with Crippen molar-refractivity contribution in [1.82, 2.24) is 10.3 Å². The first kappa shape index (κ1) is 15.1. The molecule has 0 amide bonds. The maximum Gasteiger partial charge on any atom is 0.138 e. The van der Waals surface area contributed by atoms with Crippen LogP contribution in [0.2, 0.25) is 5.15 Å². The number of halogens is 2. The molecule has 20 heavy (non-hydrogen) atoms. The number of hydrogen-bond acceptors (Lipinski definition) is 3. The Bertz CT molecular complexity index is 559. The number of benzene rings is 1. The molecule has 1 aromatic heterocycles. The first-order chi connectivity index (χ1) is 9.33. The molecule has 0 bridgehead atoms. The molecule has 1 fully saturated rings. The van der Waals surface area contributed by atoms with Gasteiger partial charge in [-0.05, 0) is 24.6 Å². The minimum absolute atomic E-state index is 0. The predicted molar refractivity (Wildman–Crippen MR) is 83.8 cm³/mol. The highest BCUT2D eigenvalue weighted by molar-refractivity contribution is 6.32. The first-order valence-corrected chi connectivity index (χ1v) is 6.78. The normalized spacial score (nSPS) is 16.9. The van der Waals surface area contributed by atoms with Gasteiger partial charge in [-0.15, -0.1) is 12.4 Å². The van der Waals surface area contributed by atoms with E-state index in [1.54, 1.807) is 6.20 Å². The molecule has 3 rings (SSSR count). The van der Waals surface area contributed by atoms with E-state index in [9.17, 15) is 0 Å². The van der Waals surface area contributed by atoms with Crippen molar-refractivity contribution in [3.8, 4) is 16.9 Å². The maximum atomic E-state index is 6.15. The van der Waals surface area contributed by atoms with Gasteiger partial charge in [0.2, 0.25) is 0 Å². The van der Waals surface area contributed by atoms with Crippen LogP contribution in [-0.4, -0.2) is 24.2 Å². The largest absolute Gasteiger partial charge is 0.490 e. The van der Waals surface area contributed by atoms with Gasteiger partial charge in [0.05, 0.1) is 6.20 Å². The molecule has 1 aliphatic heterocycles. The van der Waals surface area contributed by atoms with Crippen molar-refractivity contribution in [3.05, 3.63) is 47.7 Å². The summed E-state index contributed by atoms with van der Waals surface area (Å²) in [6, 6.07) is 12.4. The van der Waals surface area contributed by atoms with E-state index in [-0.39, 0.29) is 12.4 Å². The van der Waals surface area contributed by atoms with Gasteiger partial charge in [0, 0.05) is 11.6 Å². The second-order valence-corrected chi connectivity index (χ2v) is 4.98. The Hall–Kier alpha value is -1.29. The second-order valence-electron chi connectivity index (χ2n) is 4.63. The molecule has 0 spiro atoms. The average molecular weight is 311 g/mol. The number of ether oxygens (including phenoxy) is 1. The molecule has 1 atom stereocenters. The summed E-state index contributed by atoms with van der Waals surface area (Å²) in [5.41, 5.74) is 1.95. The van der Waals surface area contributed by atoms with Gasteiger partial charge in [0.1, 0.15) is 17.5 Å². The van der Waals surface area contributed by atoms with Gasteiger partial charge < -0.3 is 10.1 Å². The Morgan fingerprint density at radius 1 is 1.30 bits per heavy atom. The molecular weight excluding hydrogens is 295 g/mol. The molecule has 1 aliphatic rings. The zero-order chi connectivity index (χ0) is 13.1. The maximum absolute atomic E-state index is 6.15. The zero-order valence-electron chi connectivity index (χ0n) is 10.9. The highest BCUT2D eigenvalue weighted by Crippen LogP contribution is 2.29. The van der Waals surface area contributed by atoms with Crippen molar-refractivity contribution in [3.63, 3.8) is 0 Å². The average Bonchev–Trinajstić information content (AvgIpc) is 2.40. The summed E-state index contributed by atoms with van der Waals surface area (Å²) in [5.74, 6) is 0.761. The Morgan fingerprint density at radius 2 is 2.05 bits per heavy atom. The van der Waals surface area contributed by atoms with E-state index in [0.717, 1.165) is 23.4 Å². The van der Waals surface area contributed by atoms with Crippen LogP contribution >= 0.6 is 24.0 Å². The molecular formula is C15H16Cl2N2O. The Kier molecular flexibility index (Phi) is 5.24. The molecule has 0 radical (unpaired) electrons. The van der Waals surface area contributed by atoms with Gasteiger partial charge in [-0.3, -0.25) is 0 Å². The van der Waals surface area contributed by atoms with Crippen LogP contribution in [0.4, 0.5) is 0 Å². The molecule has 5 heteroatoms. The van der Waals surface area contributed by atoms with Crippen LogP contribution in [0.25, 0.3) is 11.1 Å². The van der Waals surface area contributed by atoms with Gasteiger partial charge in [-0.2, -0.15) is 0 Å². The Labute approximate surface area is 129 Å². The van der Waals surface area contributed by atoms with E-state index in [2.05, 4.69) is 10.3 Å². The van der Waals surface area contributed by atoms with Gasteiger partial charge in [0.25, 0.3) is 0 Å². The number of hydrogen-bond donors (Lipinski definition) is 1. The van der Waals surface area contributed by atoms with Crippen LogP contribution in [0.5, 0.6) is 5.75 Å². The molecule has 0 unspecified atom stereocenters. The van der Waals surface area contributed by atoms with E-state index in [1.165, 1.54) is 6.42 Å². The molecule has 1 N–H and O–H groups in total. The van der Waals surface area contributed by atoms with Gasteiger partial charge in [-0.1, -0.05) is 41.9 Å². The predicted octanol–water partition coefficient (Wildman–Crippen LogP) is 3.56. The third-order valence-electron chi connectivity index (χ3n) is 3.28. The van der Waals surface area contributed by atoms with Gasteiger partial charge >= 0.3 is 0 Å². The zero-order valence-corrected chi connectivity index (χ0v) is 12.5. The highest BCUT2D eigenvalue weighted by atomic mass is 35.5. The number of nitrogens with one attached hydrogen (secondary N) is 1. The summed E-state index contributed by atoms with van der Waals surface area (Å²) in [6.07, 6.45) is 2.85. The first-order valence-electron chi connectivity index (χ1n) is 6.40. The van der Waals surface area contributed by atoms with E-state index in [0.29, 0.717) is 17.8 Å². The van der Waals surface area contributed by atoms with Crippen molar-refractivity contribution in [1.29, 1.82) is 0 Å². The lowest BCUT2D eigenvalue weighted by Crippen LogP contribution is -2.46. The summed E-state index contributed by atoms with van der Waals surface area (Å²) < 4.78 is 5.74. The lowest BCUT2D eigenvalue weighted by atomic mass is 10.1. The lowest BCUT2D eigenvalue weighted by Gasteiger charge is -2.27. The smallest absolute Gasteiger partial charge is 0.138 e. The molecule has 106 valence electrons. The number of nitrogens with zero attached hydrogens (tertiary/aromatic N) is 1. The van der Waals surface area contributed by atoms with Crippen LogP contribution in [-0.2, 0) is 0 Å². The van der Waals surface area contributed by atoms with Crippen molar-refractivity contribution >= 4 is 24.0 Å². The van der Waals surface area contributed by atoms with Crippen LogP contribution < -0.4 is 10.1 Å². The Morgan fingerprint density at radius 3 is 2.70 bits per heavy atom. The van der Waals surface area contributed by atoms with Crippen molar-refractivity contribution < 1.29 is 4.74 Å². The lowest BCUT2D eigenvalue weighted by molar-refractivity contribution is 0.217. The minimum atomic E-state index is 0. The fourth-order valence-corrected chi connectivity index (χ4v) is 2.23. The number of rotatable bonds is 4. The van der Waals surface area contributed by atoms with Crippen molar-refractivity contribution in [2.75, 3.05) is 13.2 Å².